The summed E-state index contributed by atoms with van der Waals surface area (Å²) in [6, 6.07) is 9.42. The van der Waals surface area contributed by atoms with Gasteiger partial charge in [-0.15, -0.1) is 10.2 Å². The number of carbonyl (C=O) groups excluding carboxylic acids is 1. The summed E-state index contributed by atoms with van der Waals surface area (Å²) in [5.74, 6) is 0.647. The molecule has 2 aromatic rings. The van der Waals surface area contributed by atoms with Crippen LogP contribution >= 0.6 is 23.4 Å². The van der Waals surface area contributed by atoms with Crippen LogP contribution in [-0.4, -0.2) is 58.1 Å². The van der Waals surface area contributed by atoms with Crippen LogP contribution in [0.5, 0.6) is 0 Å². The molecule has 1 atom stereocenters. The fraction of sp³-hybridized carbons (Fsp3) is 0.444. The van der Waals surface area contributed by atoms with E-state index >= 15 is 0 Å². The molecule has 2 rings (SSSR count). The van der Waals surface area contributed by atoms with E-state index < -0.39 is 0 Å². The van der Waals surface area contributed by atoms with Gasteiger partial charge in [0, 0.05) is 31.3 Å². The average molecular weight is 408 g/mol. The highest BCUT2D eigenvalue weighted by Crippen LogP contribution is 2.28. The second-order valence-electron chi connectivity index (χ2n) is 5.89. The first kappa shape index (κ1) is 21.2. The van der Waals surface area contributed by atoms with E-state index in [-0.39, 0.29) is 11.2 Å². The Morgan fingerprint density at radius 2 is 2.11 bits per heavy atom. The number of halogens is 1. The number of hydrogen-bond donors (Lipinski definition) is 0. The number of ether oxygens (including phenoxy) is 1. The van der Waals surface area contributed by atoms with Gasteiger partial charge < -0.3 is 9.64 Å². The van der Waals surface area contributed by atoms with Crippen molar-refractivity contribution < 1.29 is 9.53 Å². The molecule has 144 valence electrons. The smallest absolute Gasteiger partial charge is 0.235 e. The predicted octanol–water partition coefficient (Wildman–Crippen LogP) is 3.10. The van der Waals surface area contributed by atoms with Gasteiger partial charge in [0.1, 0.15) is 0 Å². The van der Waals surface area contributed by atoms with E-state index in [1.807, 2.05) is 29.7 Å². The zero-order valence-electron chi connectivity index (χ0n) is 15.6. The molecule has 0 saturated carbocycles. The lowest BCUT2D eigenvalue weighted by Gasteiger charge is -2.20. The number of nitriles is 1. The van der Waals surface area contributed by atoms with E-state index in [1.54, 1.807) is 31.2 Å². The number of thioether (sulfide) groups is 1. The van der Waals surface area contributed by atoms with Crippen molar-refractivity contribution in [3.8, 4) is 17.5 Å². The summed E-state index contributed by atoms with van der Waals surface area (Å²) in [6.07, 6.45) is 0.310. The van der Waals surface area contributed by atoms with Crippen LogP contribution in [0.1, 0.15) is 13.3 Å². The fourth-order valence-electron chi connectivity index (χ4n) is 2.42. The molecule has 1 amide bonds. The molecule has 0 unspecified atom stereocenters. The molecule has 0 aliphatic carbocycles. The molecule has 27 heavy (non-hydrogen) atoms. The Labute approximate surface area is 168 Å². The van der Waals surface area contributed by atoms with Crippen LogP contribution in [-0.2, 0) is 16.1 Å². The van der Waals surface area contributed by atoms with Crippen molar-refractivity contribution in [3.05, 3.63) is 29.3 Å². The third-order valence-corrected chi connectivity index (χ3v) is 5.22. The van der Waals surface area contributed by atoms with Crippen LogP contribution in [0.15, 0.2) is 29.4 Å². The number of aromatic nitrogens is 3. The normalized spacial score (nSPS) is 11.8. The Bertz CT molecular complexity index is 803. The van der Waals surface area contributed by atoms with Crippen molar-refractivity contribution in [1.29, 1.82) is 5.26 Å². The highest BCUT2D eigenvalue weighted by atomic mass is 35.5. The van der Waals surface area contributed by atoms with Gasteiger partial charge in [0.05, 0.1) is 30.9 Å². The minimum absolute atomic E-state index is 0.0513. The number of methoxy groups -OCH3 is 1. The topological polar surface area (TPSA) is 84.0 Å². The summed E-state index contributed by atoms with van der Waals surface area (Å²) < 4.78 is 7.14. The Hall–Kier alpha value is -2.08. The highest BCUT2D eigenvalue weighted by Gasteiger charge is 2.23. The van der Waals surface area contributed by atoms with Crippen molar-refractivity contribution in [2.75, 3.05) is 27.3 Å². The van der Waals surface area contributed by atoms with Gasteiger partial charge in [-0.2, -0.15) is 5.26 Å². The van der Waals surface area contributed by atoms with Crippen molar-refractivity contribution in [2.45, 2.75) is 30.3 Å². The first-order valence-corrected chi connectivity index (χ1v) is 9.70. The molecule has 1 aromatic heterocycles. The zero-order chi connectivity index (χ0) is 19.8. The summed E-state index contributed by atoms with van der Waals surface area (Å²) in [5, 5.41) is 18.2. The van der Waals surface area contributed by atoms with Gasteiger partial charge in [0.2, 0.25) is 5.91 Å². The second-order valence-corrected chi connectivity index (χ2v) is 7.63. The Kier molecular flexibility index (Phi) is 8.10. The maximum atomic E-state index is 12.5. The predicted molar refractivity (Wildman–Crippen MR) is 106 cm³/mol. The van der Waals surface area contributed by atoms with Crippen molar-refractivity contribution in [2.24, 2.45) is 0 Å². The van der Waals surface area contributed by atoms with Gasteiger partial charge in [0.15, 0.2) is 11.0 Å². The number of hydrogen-bond acceptors (Lipinski definition) is 6. The number of nitrogens with zero attached hydrogens (tertiary/aromatic N) is 5. The van der Waals surface area contributed by atoms with Crippen LogP contribution in [0.3, 0.4) is 0 Å². The molecule has 9 heteroatoms. The third kappa shape index (κ3) is 5.70. The van der Waals surface area contributed by atoms with Crippen molar-refractivity contribution >= 4 is 29.3 Å². The van der Waals surface area contributed by atoms with Gasteiger partial charge in [-0.1, -0.05) is 23.4 Å². The summed E-state index contributed by atoms with van der Waals surface area (Å²) in [4.78, 5) is 14.1. The second kappa shape index (κ2) is 10.3. The number of carbonyl (C=O) groups is 1. The quantitative estimate of drug-likeness (QED) is 0.594. The molecule has 0 aliphatic heterocycles. The van der Waals surface area contributed by atoms with E-state index in [2.05, 4.69) is 10.2 Å². The summed E-state index contributed by atoms with van der Waals surface area (Å²) in [5.41, 5.74) is 0.889. The average Bonchev–Trinajstić information content (AvgIpc) is 3.06. The third-order valence-electron chi connectivity index (χ3n) is 3.90. The van der Waals surface area contributed by atoms with Crippen LogP contribution < -0.4 is 0 Å². The molecule has 1 aromatic carbocycles. The van der Waals surface area contributed by atoms with E-state index in [1.165, 1.54) is 11.8 Å². The summed E-state index contributed by atoms with van der Waals surface area (Å²) in [6.45, 7) is 3.30. The van der Waals surface area contributed by atoms with Gasteiger partial charge in [0.25, 0.3) is 0 Å². The summed E-state index contributed by atoms with van der Waals surface area (Å²) >= 11 is 7.31. The van der Waals surface area contributed by atoms with E-state index in [4.69, 9.17) is 21.6 Å². The van der Waals surface area contributed by atoms with Gasteiger partial charge in [-0.3, -0.25) is 9.36 Å². The molecular formula is C18H22ClN5O2S. The zero-order valence-corrected chi connectivity index (χ0v) is 17.1. The monoisotopic (exact) mass is 407 g/mol. The maximum absolute atomic E-state index is 12.5. The van der Waals surface area contributed by atoms with E-state index in [9.17, 15) is 4.79 Å². The lowest BCUT2D eigenvalue weighted by Crippen LogP contribution is -2.34. The number of benzene rings is 1. The standard InChI is InChI=1S/C18H22ClN5O2S/c1-13(17(25)23(2)10-4-9-20)27-18-22-21-16(24(18)11-12-26-3)14-5-7-15(19)8-6-14/h5-8,13H,4,10-12H2,1-3H3/t13-/m1/s1. The summed E-state index contributed by atoms with van der Waals surface area (Å²) in [7, 11) is 3.33. The fourth-order valence-corrected chi connectivity index (χ4v) is 3.54. The molecule has 0 aliphatic rings. The van der Waals surface area contributed by atoms with Crippen LogP contribution in [0, 0.1) is 11.3 Å². The largest absolute Gasteiger partial charge is 0.383 e. The molecule has 7 nitrogen and oxygen atoms in total. The SMILES string of the molecule is COCCn1c(S[C@H](C)C(=O)N(C)CCC#N)nnc1-c1ccc(Cl)cc1. The lowest BCUT2D eigenvalue weighted by atomic mass is 10.2. The first-order valence-electron chi connectivity index (χ1n) is 8.44. The Balaban J connectivity index is 2.22. The molecule has 1 heterocycles. The molecular weight excluding hydrogens is 386 g/mol. The molecule has 0 radical (unpaired) electrons. The Morgan fingerprint density at radius 1 is 1.41 bits per heavy atom. The van der Waals surface area contributed by atoms with Crippen LogP contribution in [0.4, 0.5) is 0 Å². The molecule has 0 fully saturated rings. The van der Waals surface area contributed by atoms with Crippen molar-refractivity contribution in [1.82, 2.24) is 19.7 Å². The van der Waals surface area contributed by atoms with E-state index in [0.717, 1.165) is 5.56 Å². The molecule has 0 N–H and O–H groups in total. The Morgan fingerprint density at radius 3 is 2.74 bits per heavy atom. The van der Waals surface area contributed by atoms with Gasteiger partial charge in [-0.25, -0.2) is 0 Å². The van der Waals surface area contributed by atoms with Crippen LogP contribution in [0.2, 0.25) is 5.02 Å². The first-order chi connectivity index (χ1) is 13.0. The van der Waals surface area contributed by atoms with Gasteiger partial charge >= 0.3 is 0 Å². The molecule has 0 saturated heterocycles. The van der Waals surface area contributed by atoms with Gasteiger partial charge in [-0.05, 0) is 31.2 Å². The van der Waals surface area contributed by atoms with Crippen molar-refractivity contribution in [3.63, 3.8) is 0 Å². The highest BCUT2D eigenvalue weighted by molar-refractivity contribution is 8.00. The minimum atomic E-state index is -0.350. The minimum Gasteiger partial charge on any atom is -0.383 e. The maximum Gasteiger partial charge on any atom is 0.235 e. The number of amides is 1. The lowest BCUT2D eigenvalue weighted by molar-refractivity contribution is -0.128. The number of rotatable bonds is 9. The molecule has 0 spiro atoms. The molecule has 0 bridgehead atoms. The van der Waals surface area contributed by atoms with Crippen LogP contribution in [0.25, 0.3) is 11.4 Å². The van der Waals surface area contributed by atoms with E-state index in [0.29, 0.717) is 42.1 Å².